The van der Waals surface area contributed by atoms with Crippen LogP contribution >= 0.6 is 23.1 Å². The van der Waals surface area contributed by atoms with E-state index in [1.165, 1.54) is 42.4 Å². The van der Waals surface area contributed by atoms with Gasteiger partial charge in [0.15, 0.2) is 0 Å². The second-order valence-electron chi connectivity index (χ2n) is 6.06. The molecule has 8 heteroatoms. The minimum atomic E-state index is -0.338. The molecule has 0 aliphatic rings. The zero-order valence-corrected chi connectivity index (χ0v) is 16.2. The normalized spacial score (nSPS) is 11.2. The van der Waals surface area contributed by atoms with E-state index in [2.05, 4.69) is 20.3 Å². The Morgan fingerprint density at radius 2 is 2.00 bits per heavy atom. The van der Waals surface area contributed by atoms with E-state index in [0.29, 0.717) is 5.69 Å². The third-order valence-electron chi connectivity index (χ3n) is 3.99. The van der Waals surface area contributed by atoms with E-state index in [1.807, 2.05) is 19.9 Å². The van der Waals surface area contributed by atoms with Crippen molar-refractivity contribution in [2.75, 3.05) is 11.1 Å². The molecule has 0 radical (unpaired) electrons. The van der Waals surface area contributed by atoms with Crippen molar-refractivity contribution in [3.8, 4) is 0 Å². The lowest BCUT2D eigenvalue weighted by molar-refractivity contribution is -0.113. The van der Waals surface area contributed by atoms with Crippen molar-refractivity contribution < 1.29 is 9.18 Å². The van der Waals surface area contributed by atoms with Crippen LogP contribution in [0.25, 0.3) is 20.4 Å². The van der Waals surface area contributed by atoms with E-state index in [0.717, 1.165) is 36.7 Å². The van der Waals surface area contributed by atoms with Crippen LogP contribution in [0.5, 0.6) is 0 Å². The molecule has 1 N–H and O–H groups in total. The minimum Gasteiger partial charge on any atom is -0.325 e. The van der Waals surface area contributed by atoms with Crippen LogP contribution in [0.15, 0.2) is 41.7 Å². The lowest BCUT2D eigenvalue weighted by atomic mass is 10.1. The lowest BCUT2D eigenvalue weighted by Gasteiger charge is -2.05. The predicted molar refractivity (Wildman–Crippen MR) is 108 cm³/mol. The molecule has 0 bridgehead atoms. The fourth-order valence-corrected chi connectivity index (χ4v) is 4.98. The summed E-state index contributed by atoms with van der Waals surface area (Å²) in [5.74, 6) is -0.317. The number of amides is 1. The fourth-order valence-electron chi connectivity index (χ4n) is 2.86. The molecule has 136 valence electrons. The van der Waals surface area contributed by atoms with Gasteiger partial charge in [0.2, 0.25) is 5.91 Å². The van der Waals surface area contributed by atoms with E-state index in [4.69, 9.17) is 0 Å². The first kappa shape index (κ1) is 17.8. The maximum Gasteiger partial charge on any atom is 0.234 e. The first-order valence-electron chi connectivity index (χ1n) is 8.21. The molecule has 4 aromatic rings. The molecular formula is C19H15FN4OS2. The van der Waals surface area contributed by atoms with Crippen LogP contribution < -0.4 is 5.32 Å². The summed E-state index contributed by atoms with van der Waals surface area (Å²) in [7, 11) is 0. The van der Waals surface area contributed by atoms with Crippen molar-refractivity contribution in [3.63, 3.8) is 0 Å². The van der Waals surface area contributed by atoms with Crippen LogP contribution in [0.1, 0.15) is 11.3 Å². The van der Waals surface area contributed by atoms with Gasteiger partial charge in [-0.05, 0) is 49.7 Å². The summed E-state index contributed by atoms with van der Waals surface area (Å²) < 4.78 is 13.9. The number of halogens is 1. The largest absolute Gasteiger partial charge is 0.325 e. The molecule has 1 amide bonds. The minimum absolute atomic E-state index is 0.176. The molecule has 0 saturated carbocycles. The van der Waals surface area contributed by atoms with Crippen LogP contribution in [-0.2, 0) is 4.79 Å². The van der Waals surface area contributed by atoms with Crippen LogP contribution in [0.4, 0.5) is 10.1 Å². The Bertz CT molecular complexity index is 1160. The Morgan fingerprint density at radius 3 is 2.78 bits per heavy atom. The third-order valence-corrected chi connectivity index (χ3v) is 6.18. The number of anilines is 1. The highest BCUT2D eigenvalue weighted by Gasteiger charge is 2.15. The van der Waals surface area contributed by atoms with Gasteiger partial charge in [-0.1, -0.05) is 11.8 Å². The summed E-state index contributed by atoms with van der Waals surface area (Å²) in [6.45, 7) is 4.02. The average Bonchev–Trinajstić information content (AvgIpc) is 3.01. The van der Waals surface area contributed by atoms with Gasteiger partial charge >= 0.3 is 0 Å². The van der Waals surface area contributed by atoms with Crippen LogP contribution in [0, 0.1) is 19.7 Å². The van der Waals surface area contributed by atoms with Crippen molar-refractivity contribution in [2.24, 2.45) is 0 Å². The lowest BCUT2D eigenvalue weighted by Crippen LogP contribution is -2.14. The Balaban J connectivity index is 1.58. The molecular weight excluding hydrogens is 383 g/mol. The Hall–Kier alpha value is -2.58. The van der Waals surface area contributed by atoms with E-state index < -0.39 is 0 Å². The SMILES string of the molecule is Cc1cc(C)c2c(n1)sc1c(SCC(=O)Nc3ccc(F)cc3)ncnc12. The van der Waals surface area contributed by atoms with E-state index in [1.54, 1.807) is 11.3 Å². The molecule has 27 heavy (non-hydrogen) atoms. The number of carbonyl (C=O) groups is 1. The number of hydrogen-bond donors (Lipinski definition) is 1. The molecule has 3 heterocycles. The van der Waals surface area contributed by atoms with Gasteiger partial charge in [0.1, 0.15) is 22.0 Å². The maximum atomic E-state index is 12.9. The second-order valence-corrected chi connectivity index (χ2v) is 8.03. The maximum absolute atomic E-state index is 12.9. The van der Waals surface area contributed by atoms with Gasteiger partial charge in [-0.3, -0.25) is 4.79 Å². The number of hydrogen-bond acceptors (Lipinski definition) is 6. The number of nitrogens with one attached hydrogen (secondary N) is 1. The fraction of sp³-hybridized carbons (Fsp3) is 0.158. The van der Waals surface area contributed by atoms with E-state index >= 15 is 0 Å². The highest BCUT2D eigenvalue weighted by atomic mass is 32.2. The molecule has 0 aliphatic heterocycles. The van der Waals surface area contributed by atoms with Gasteiger partial charge in [-0.2, -0.15) is 0 Å². The molecule has 4 rings (SSSR count). The number of pyridine rings is 1. The van der Waals surface area contributed by atoms with Crippen molar-refractivity contribution >= 4 is 55.1 Å². The van der Waals surface area contributed by atoms with Gasteiger partial charge in [-0.15, -0.1) is 11.3 Å². The molecule has 0 aliphatic carbocycles. The quantitative estimate of drug-likeness (QED) is 0.398. The van der Waals surface area contributed by atoms with Gasteiger partial charge in [-0.25, -0.2) is 19.3 Å². The molecule has 0 saturated heterocycles. The number of benzene rings is 1. The number of carbonyl (C=O) groups excluding carboxylic acids is 1. The number of nitrogens with zero attached hydrogens (tertiary/aromatic N) is 3. The average molecular weight is 398 g/mol. The number of rotatable bonds is 4. The topological polar surface area (TPSA) is 67.8 Å². The van der Waals surface area contributed by atoms with Gasteiger partial charge in [0, 0.05) is 16.8 Å². The van der Waals surface area contributed by atoms with Crippen molar-refractivity contribution in [3.05, 3.63) is 53.7 Å². The summed E-state index contributed by atoms with van der Waals surface area (Å²) in [6, 6.07) is 7.73. The standard InChI is InChI=1S/C19H15FN4OS2/c1-10-7-11(2)23-18-15(10)16-17(27-18)19(22-9-21-16)26-8-14(25)24-13-5-3-12(20)4-6-13/h3-7,9H,8H2,1-2H3,(H,24,25). The summed E-state index contributed by atoms with van der Waals surface area (Å²) >= 11 is 2.89. The monoisotopic (exact) mass is 398 g/mol. The Labute approximate surface area is 163 Å². The summed E-state index contributed by atoms with van der Waals surface area (Å²) in [5, 5.41) is 4.55. The molecule has 5 nitrogen and oxygen atoms in total. The van der Waals surface area contributed by atoms with Crippen molar-refractivity contribution in [2.45, 2.75) is 18.9 Å². The highest BCUT2D eigenvalue weighted by molar-refractivity contribution is 8.00. The molecule has 0 atom stereocenters. The van der Waals surface area contributed by atoms with E-state index in [9.17, 15) is 9.18 Å². The van der Waals surface area contributed by atoms with Crippen molar-refractivity contribution in [1.29, 1.82) is 0 Å². The summed E-state index contributed by atoms with van der Waals surface area (Å²) in [5.41, 5.74) is 3.53. The Kier molecular flexibility index (Phi) is 4.75. The number of fused-ring (bicyclic) bond motifs is 3. The number of thioether (sulfide) groups is 1. The second kappa shape index (κ2) is 7.21. The third kappa shape index (κ3) is 3.63. The number of aromatic nitrogens is 3. The summed E-state index contributed by atoms with van der Waals surface area (Å²) in [6.07, 6.45) is 1.52. The molecule has 1 aromatic carbocycles. The summed E-state index contributed by atoms with van der Waals surface area (Å²) in [4.78, 5) is 26.5. The zero-order chi connectivity index (χ0) is 19.0. The molecule has 3 aromatic heterocycles. The van der Waals surface area contributed by atoms with Crippen LogP contribution in [0.2, 0.25) is 0 Å². The number of thiophene rings is 1. The van der Waals surface area contributed by atoms with Crippen molar-refractivity contribution in [1.82, 2.24) is 15.0 Å². The predicted octanol–water partition coefficient (Wildman–Crippen LogP) is 4.73. The van der Waals surface area contributed by atoms with Gasteiger partial charge in [0.05, 0.1) is 16.0 Å². The van der Waals surface area contributed by atoms with Gasteiger partial charge < -0.3 is 5.32 Å². The molecule has 0 unspecified atom stereocenters. The van der Waals surface area contributed by atoms with Crippen LogP contribution in [-0.4, -0.2) is 26.6 Å². The first-order chi connectivity index (χ1) is 13.0. The first-order valence-corrected chi connectivity index (χ1v) is 10.0. The molecule has 0 spiro atoms. The van der Waals surface area contributed by atoms with Crippen LogP contribution in [0.3, 0.4) is 0 Å². The van der Waals surface area contributed by atoms with Gasteiger partial charge in [0.25, 0.3) is 0 Å². The number of aryl methyl sites for hydroxylation is 2. The van der Waals surface area contributed by atoms with E-state index in [-0.39, 0.29) is 17.5 Å². The Morgan fingerprint density at radius 1 is 1.22 bits per heavy atom. The smallest absolute Gasteiger partial charge is 0.234 e. The zero-order valence-electron chi connectivity index (χ0n) is 14.6. The molecule has 0 fully saturated rings. The highest BCUT2D eigenvalue weighted by Crippen LogP contribution is 2.37.